The van der Waals surface area contributed by atoms with Crippen LogP contribution in [0.3, 0.4) is 0 Å². The van der Waals surface area contributed by atoms with E-state index in [4.69, 9.17) is 9.47 Å². The fourth-order valence-electron chi connectivity index (χ4n) is 2.74. The first-order valence-electron chi connectivity index (χ1n) is 9.22. The van der Waals surface area contributed by atoms with Crippen molar-refractivity contribution in [2.45, 2.75) is 0 Å². The second-order valence-corrected chi connectivity index (χ2v) is 6.36. The van der Waals surface area contributed by atoms with Crippen LogP contribution in [0.2, 0.25) is 0 Å². The Hall–Kier alpha value is -4.20. The molecule has 3 aromatic rings. The van der Waals surface area contributed by atoms with Gasteiger partial charge in [-0.15, -0.1) is 0 Å². The van der Waals surface area contributed by atoms with E-state index in [2.05, 4.69) is 15.8 Å². The van der Waals surface area contributed by atoms with Crippen LogP contribution in [0.5, 0.6) is 11.5 Å². The lowest BCUT2D eigenvalue weighted by Gasteiger charge is -2.12. The van der Waals surface area contributed by atoms with E-state index in [0.29, 0.717) is 28.3 Å². The number of nitrogens with zero attached hydrogens (tertiary/aromatic N) is 1. The van der Waals surface area contributed by atoms with Crippen LogP contribution >= 0.6 is 0 Å². The number of hydrazone groups is 1. The Morgan fingerprint density at radius 3 is 2.29 bits per heavy atom. The predicted molar refractivity (Wildman–Crippen MR) is 115 cm³/mol. The molecular formula is C23H20FN3O4. The largest absolute Gasteiger partial charge is 0.497 e. The van der Waals surface area contributed by atoms with Crippen molar-refractivity contribution in [3.63, 3.8) is 0 Å². The maximum absolute atomic E-state index is 13.2. The lowest BCUT2D eigenvalue weighted by Crippen LogP contribution is -2.21. The maximum Gasteiger partial charge on any atom is 0.273 e. The molecule has 3 rings (SSSR count). The fraction of sp³-hybridized carbons (Fsp3) is 0.0870. The molecule has 8 heteroatoms. The minimum Gasteiger partial charge on any atom is -0.497 e. The van der Waals surface area contributed by atoms with E-state index in [1.54, 1.807) is 48.5 Å². The molecule has 0 aliphatic carbocycles. The molecule has 0 aromatic heterocycles. The fourth-order valence-corrected chi connectivity index (χ4v) is 2.74. The molecule has 31 heavy (non-hydrogen) atoms. The topological polar surface area (TPSA) is 89.0 Å². The van der Waals surface area contributed by atoms with E-state index in [9.17, 15) is 14.0 Å². The first-order valence-corrected chi connectivity index (χ1v) is 9.22. The number of halogens is 1. The van der Waals surface area contributed by atoms with E-state index in [1.165, 1.54) is 38.6 Å². The number of rotatable bonds is 7. The molecule has 3 aromatic carbocycles. The smallest absolute Gasteiger partial charge is 0.273 e. The third kappa shape index (κ3) is 5.66. The molecule has 7 nitrogen and oxygen atoms in total. The maximum atomic E-state index is 13.2. The summed E-state index contributed by atoms with van der Waals surface area (Å²) in [5, 5.41) is 6.56. The zero-order chi connectivity index (χ0) is 22.2. The first kappa shape index (κ1) is 21.5. The normalized spacial score (nSPS) is 10.5. The molecule has 0 unspecified atom stereocenters. The van der Waals surface area contributed by atoms with Gasteiger partial charge in [0.05, 0.1) is 31.7 Å². The van der Waals surface area contributed by atoms with Gasteiger partial charge in [0.25, 0.3) is 11.8 Å². The summed E-state index contributed by atoms with van der Waals surface area (Å²) in [4.78, 5) is 25.3. The molecule has 2 N–H and O–H groups in total. The van der Waals surface area contributed by atoms with Crippen LogP contribution < -0.4 is 20.2 Å². The minimum absolute atomic E-state index is 0.210. The summed E-state index contributed by atoms with van der Waals surface area (Å²) in [5.41, 5.74) is 3.68. The van der Waals surface area contributed by atoms with Crippen LogP contribution in [0.15, 0.2) is 71.8 Å². The second-order valence-electron chi connectivity index (χ2n) is 6.36. The van der Waals surface area contributed by atoms with Crippen molar-refractivity contribution in [3.05, 3.63) is 89.2 Å². The van der Waals surface area contributed by atoms with Gasteiger partial charge < -0.3 is 14.8 Å². The molecule has 0 bridgehead atoms. The minimum atomic E-state index is -0.535. The molecular weight excluding hydrogens is 401 g/mol. The number of ether oxygens (including phenoxy) is 2. The summed E-state index contributed by atoms with van der Waals surface area (Å²) >= 11 is 0. The summed E-state index contributed by atoms with van der Waals surface area (Å²) in [5.74, 6) is -0.463. The van der Waals surface area contributed by atoms with Crippen molar-refractivity contribution in [2.24, 2.45) is 5.10 Å². The molecule has 0 radical (unpaired) electrons. The van der Waals surface area contributed by atoms with E-state index >= 15 is 0 Å². The van der Waals surface area contributed by atoms with Gasteiger partial charge in [-0.25, -0.2) is 9.82 Å². The number of nitrogens with one attached hydrogen (secondary N) is 2. The number of amides is 2. The Kier molecular flexibility index (Phi) is 6.95. The van der Waals surface area contributed by atoms with Crippen LogP contribution in [0.4, 0.5) is 10.1 Å². The predicted octanol–water partition coefficient (Wildman–Crippen LogP) is 3.86. The number of carbonyl (C=O) groups excluding carboxylic acids is 2. The van der Waals surface area contributed by atoms with Gasteiger partial charge in [-0.3, -0.25) is 9.59 Å². The van der Waals surface area contributed by atoms with Crippen LogP contribution in [0.1, 0.15) is 26.3 Å². The monoisotopic (exact) mass is 421 g/mol. The quantitative estimate of drug-likeness (QED) is 0.448. The van der Waals surface area contributed by atoms with Crippen LogP contribution in [-0.4, -0.2) is 32.2 Å². The zero-order valence-corrected chi connectivity index (χ0v) is 16.9. The van der Waals surface area contributed by atoms with Crippen molar-refractivity contribution in [2.75, 3.05) is 19.5 Å². The summed E-state index contributed by atoms with van der Waals surface area (Å²) in [7, 11) is 2.97. The zero-order valence-electron chi connectivity index (χ0n) is 16.9. The van der Waals surface area contributed by atoms with Crippen LogP contribution in [0, 0.1) is 5.82 Å². The molecule has 0 spiro atoms. The van der Waals surface area contributed by atoms with E-state index in [1.807, 2.05) is 0 Å². The Morgan fingerprint density at radius 1 is 0.903 bits per heavy atom. The standard InChI is InChI=1S/C23H20FN3O4/c1-30-18-11-16(12-19(13-18)31-2)22(28)26-21-9-4-3-8-20(21)23(29)27-25-14-15-6-5-7-17(24)10-15/h3-14H,1-2H3,(H,26,28)(H,27,29). The van der Waals surface area contributed by atoms with Gasteiger partial charge in [0.1, 0.15) is 17.3 Å². The highest BCUT2D eigenvalue weighted by molar-refractivity contribution is 6.09. The Labute approximate surface area is 178 Å². The second kappa shape index (κ2) is 10.0. The van der Waals surface area contributed by atoms with Crippen molar-refractivity contribution in [1.82, 2.24) is 5.43 Å². The first-order chi connectivity index (χ1) is 15.0. The molecule has 0 saturated carbocycles. The Balaban J connectivity index is 1.75. The van der Waals surface area contributed by atoms with E-state index in [-0.39, 0.29) is 5.56 Å². The number of anilines is 1. The van der Waals surface area contributed by atoms with Crippen LogP contribution in [0.25, 0.3) is 0 Å². The highest BCUT2D eigenvalue weighted by Gasteiger charge is 2.15. The van der Waals surface area contributed by atoms with Gasteiger partial charge in [-0.2, -0.15) is 5.10 Å². The number of para-hydroxylation sites is 1. The summed E-state index contributed by atoms with van der Waals surface area (Å²) in [6.07, 6.45) is 1.32. The molecule has 0 aliphatic rings. The Bertz CT molecular complexity index is 1110. The molecule has 0 heterocycles. The average molecular weight is 421 g/mol. The number of benzene rings is 3. The summed E-state index contributed by atoms with van der Waals surface area (Å²) < 4.78 is 23.6. The van der Waals surface area contributed by atoms with Crippen molar-refractivity contribution in [3.8, 4) is 11.5 Å². The number of methoxy groups -OCH3 is 2. The van der Waals surface area contributed by atoms with E-state index in [0.717, 1.165) is 0 Å². The van der Waals surface area contributed by atoms with Gasteiger partial charge in [0.15, 0.2) is 0 Å². The van der Waals surface area contributed by atoms with Gasteiger partial charge in [0.2, 0.25) is 0 Å². The lowest BCUT2D eigenvalue weighted by molar-refractivity contribution is 0.0956. The molecule has 0 fully saturated rings. The van der Waals surface area contributed by atoms with Gasteiger partial charge >= 0.3 is 0 Å². The van der Waals surface area contributed by atoms with Gasteiger partial charge in [-0.05, 0) is 42.0 Å². The molecule has 158 valence electrons. The molecule has 0 saturated heterocycles. The molecule has 0 aliphatic heterocycles. The van der Waals surface area contributed by atoms with Gasteiger partial charge in [-0.1, -0.05) is 24.3 Å². The summed E-state index contributed by atoms with van der Waals surface area (Å²) in [6, 6.07) is 17.0. The van der Waals surface area contributed by atoms with Gasteiger partial charge in [0, 0.05) is 11.6 Å². The lowest BCUT2D eigenvalue weighted by atomic mass is 10.1. The SMILES string of the molecule is COc1cc(OC)cc(C(=O)Nc2ccccc2C(=O)NN=Cc2cccc(F)c2)c1. The van der Waals surface area contributed by atoms with Crippen LogP contribution in [-0.2, 0) is 0 Å². The number of hydrogen-bond acceptors (Lipinski definition) is 5. The highest BCUT2D eigenvalue weighted by Crippen LogP contribution is 2.24. The molecule has 2 amide bonds. The van der Waals surface area contributed by atoms with E-state index < -0.39 is 17.6 Å². The Morgan fingerprint density at radius 2 is 1.61 bits per heavy atom. The van der Waals surface area contributed by atoms with Crippen molar-refractivity contribution in [1.29, 1.82) is 0 Å². The third-order valence-electron chi connectivity index (χ3n) is 4.26. The molecule has 0 atom stereocenters. The number of carbonyl (C=O) groups is 2. The third-order valence-corrected chi connectivity index (χ3v) is 4.26. The summed E-state index contributed by atoms with van der Waals surface area (Å²) in [6.45, 7) is 0. The number of hydrogen-bond donors (Lipinski definition) is 2. The highest BCUT2D eigenvalue weighted by atomic mass is 19.1. The average Bonchev–Trinajstić information content (AvgIpc) is 2.79. The van der Waals surface area contributed by atoms with Crippen molar-refractivity contribution >= 4 is 23.7 Å². The van der Waals surface area contributed by atoms with Crippen molar-refractivity contribution < 1.29 is 23.5 Å².